The highest BCUT2D eigenvalue weighted by atomic mass is 32.2. The maximum Gasteiger partial charge on any atom is 0.245 e. The van der Waals surface area contributed by atoms with Gasteiger partial charge in [0.05, 0.1) is 11.0 Å². The van der Waals surface area contributed by atoms with Crippen molar-refractivity contribution in [1.82, 2.24) is 14.3 Å². The standard InChI is InChI=1S/C15H14FN3O2S/c1-19(2)22(20,21)14-9-10(7-8-11(14)16)15-17-12-5-3-4-6-13(12)18-15/h3-9H,1-2H3,(H,17,18). The minimum atomic E-state index is -3.85. The third-order valence-corrected chi connectivity index (χ3v) is 5.18. The molecule has 0 unspecified atom stereocenters. The predicted octanol–water partition coefficient (Wildman–Crippen LogP) is 2.62. The third kappa shape index (κ3) is 2.38. The van der Waals surface area contributed by atoms with E-state index in [1.54, 1.807) is 0 Å². The summed E-state index contributed by atoms with van der Waals surface area (Å²) in [5.74, 6) is -0.287. The number of sulfonamides is 1. The van der Waals surface area contributed by atoms with Crippen LogP contribution in [-0.2, 0) is 10.0 Å². The number of hydrogen-bond acceptors (Lipinski definition) is 3. The van der Waals surface area contributed by atoms with Gasteiger partial charge in [0.2, 0.25) is 10.0 Å². The van der Waals surface area contributed by atoms with Gasteiger partial charge in [-0.15, -0.1) is 0 Å². The molecule has 0 saturated heterocycles. The Hall–Kier alpha value is -2.25. The minimum absolute atomic E-state index is 0.365. The number of imidazole rings is 1. The number of rotatable bonds is 3. The van der Waals surface area contributed by atoms with Crippen LogP contribution < -0.4 is 0 Å². The average molecular weight is 319 g/mol. The SMILES string of the molecule is CN(C)S(=O)(=O)c1cc(-c2nc3ccccc3[nH]2)ccc1F. The summed E-state index contributed by atoms with van der Waals surface area (Å²) in [5, 5.41) is 0. The summed E-state index contributed by atoms with van der Waals surface area (Å²) in [5.41, 5.74) is 2.11. The number of para-hydroxylation sites is 2. The van der Waals surface area contributed by atoms with E-state index in [0.717, 1.165) is 21.4 Å². The van der Waals surface area contributed by atoms with Crippen molar-refractivity contribution in [3.8, 4) is 11.4 Å². The van der Waals surface area contributed by atoms with Crippen molar-refractivity contribution in [1.29, 1.82) is 0 Å². The van der Waals surface area contributed by atoms with Crippen LogP contribution >= 0.6 is 0 Å². The fourth-order valence-corrected chi connectivity index (χ4v) is 3.12. The lowest BCUT2D eigenvalue weighted by atomic mass is 10.2. The Morgan fingerprint density at radius 1 is 1.14 bits per heavy atom. The molecule has 0 fully saturated rings. The Bertz CT molecular complexity index is 915. The summed E-state index contributed by atoms with van der Waals surface area (Å²) in [6.45, 7) is 0. The molecule has 0 amide bonds. The van der Waals surface area contributed by atoms with Crippen LogP contribution in [0.3, 0.4) is 0 Å². The first kappa shape index (κ1) is 14.7. The van der Waals surface area contributed by atoms with E-state index in [2.05, 4.69) is 9.97 Å². The van der Waals surface area contributed by atoms with Gasteiger partial charge in [0.1, 0.15) is 16.5 Å². The number of hydrogen-bond donors (Lipinski definition) is 1. The molecule has 0 spiro atoms. The zero-order valence-electron chi connectivity index (χ0n) is 12.0. The summed E-state index contributed by atoms with van der Waals surface area (Å²) in [7, 11) is -1.12. The van der Waals surface area contributed by atoms with E-state index in [9.17, 15) is 12.8 Å². The lowest BCUT2D eigenvalue weighted by Gasteiger charge is -2.12. The third-order valence-electron chi connectivity index (χ3n) is 3.35. The topological polar surface area (TPSA) is 66.1 Å². The highest BCUT2D eigenvalue weighted by Gasteiger charge is 2.22. The Balaban J connectivity index is 2.17. The van der Waals surface area contributed by atoms with Crippen molar-refractivity contribution in [3.05, 3.63) is 48.3 Å². The minimum Gasteiger partial charge on any atom is -0.338 e. The van der Waals surface area contributed by atoms with Crippen molar-refractivity contribution >= 4 is 21.1 Å². The fourth-order valence-electron chi connectivity index (χ4n) is 2.13. The Labute approximate surface area is 127 Å². The number of H-pyrrole nitrogens is 1. The highest BCUT2D eigenvalue weighted by molar-refractivity contribution is 7.89. The van der Waals surface area contributed by atoms with Crippen LogP contribution in [0.4, 0.5) is 4.39 Å². The van der Waals surface area contributed by atoms with Gasteiger partial charge in [0.15, 0.2) is 0 Å². The van der Waals surface area contributed by atoms with E-state index >= 15 is 0 Å². The molecule has 0 aliphatic rings. The maximum atomic E-state index is 13.9. The van der Waals surface area contributed by atoms with Gasteiger partial charge in [0.25, 0.3) is 0 Å². The van der Waals surface area contributed by atoms with Crippen LogP contribution in [0.25, 0.3) is 22.4 Å². The van der Waals surface area contributed by atoms with Crippen molar-refractivity contribution in [2.24, 2.45) is 0 Å². The highest BCUT2D eigenvalue weighted by Crippen LogP contribution is 2.26. The molecular formula is C15H14FN3O2S. The molecule has 1 aromatic heterocycles. The second kappa shape index (κ2) is 5.19. The Morgan fingerprint density at radius 3 is 2.55 bits per heavy atom. The van der Waals surface area contributed by atoms with Gasteiger partial charge in [-0.3, -0.25) is 0 Å². The molecule has 1 heterocycles. The summed E-state index contributed by atoms with van der Waals surface area (Å²) < 4.78 is 39.2. The first-order valence-electron chi connectivity index (χ1n) is 6.57. The predicted molar refractivity (Wildman–Crippen MR) is 82.4 cm³/mol. The van der Waals surface area contributed by atoms with Crippen LogP contribution in [0.2, 0.25) is 0 Å². The first-order chi connectivity index (χ1) is 10.4. The molecule has 3 rings (SSSR count). The molecule has 7 heteroatoms. The average Bonchev–Trinajstić information content (AvgIpc) is 2.91. The molecule has 2 aromatic carbocycles. The van der Waals surface area contributed by atoms with Gasteiger partial charge in [-0.1, -0.05) is 12.1 Å². The molecule has 0 saturated carbocycles. The number of benzene rings is 2. The van der Waals surface area contributed by atoms with Crippen LogP contribution in [-0.4, -0.2) is 36.8 Å². The number of halogens is 1. The molecule has 0 aliphatic carbocycles. The largest absolute Gasteiger partial charge is 0.338 e. The fraction of sp³-hybridized carbons (Fsp3) is 0.133. The molecule has 0 bridgehead atoms. The number of nitrogens with zero attached hydrogens (tertiary/aromatic N) is 2. The van der Waals surface area contributed by atoms with Crippen molar-refractivity contribution in [2.45, 2.75) is 4.90 Å². The lowest BCUT2D eigenvalue weighted by molar-refractivity contribution is 0.508. The molecule has 1 N–H and O–H groups in total. The molecular weight excluding hydrogens is 305 g/mol. The molecule has 5 nitrogen and oxygen atoms in total. The number of aromatic nitrogens is 2. The van der Waals surface area contributed by atoms with E-state index in [1.165, 1.54) is 26.2 Å². The van der Waals surface area contributed by atoms with Gasteiger partial charge < -0.3 is 4.98 Å². The molecule has 3 aromatic rings. The quantitative estimate of drug-likeness (QED) is 0.807. The van der Waals surface area contributed by atoms with E-state index < -0.39 is 15.8 Å². The van der Waals surface area contributed by atoms with Crippen molar-refractivity contribution < 1.29 is 12.8 Å². The lowest BCUT2D eigenvalue weighted by Crippen LogP contribution is -2.23. The molecule has 22 heavy (non-hydrogen) atoms. The van der Waals surface area contributed by atoms with Gasteiger partial charge in [-0.2, -0.15) is 0 Å². The summed E-state index contributed by atoms with van der Waals surface area (Å²) >= 11 is 0. The molecule has 114 valence electrons. The second-order valence-electron chi connectivity index (χ2n) is 5.04. The van der Waals surface area contributed by atoms with Gasteiger partial charge in [-0.25, -0.2) is 22.1 Å². The summed E-state index contributed by atoms with van der Waals surface area (Å²) in [6.07, 6.45) is 0. The number of fused-ring (bicyclic) bond motifs is 1. The first-order valence-corrected chi connectivity index (χ1v) is 8.01. The summed E-state index contributed by atoms with van der Waals surface area (Å²) in [4.78, 5) is 7.13. The number of aromatic amines is 1. The van der Waals surface area contributed by atoms with Crippen molar-refractivity contribution in [2.75, 3.05) is 14.1 Å². The summed E-state index contributed by atoms with van der Waals surface area (Å²) in [6, 6.07) is 11.4. The Morgan fingerprint density at radius 2 is 1.86 bits per heavy atom. The normalized spacial score (nSPS) is 12.2. The Kier molecular flexibility index (Phi) is 3.46. The van der Waals surface area contributed by atoms with Crippen LogP contribution in [0.15, 0.2) is 47.4 Å². The van der Waals surface area contributed by atoms with Gasteiger partial charge in [-0.05, 0) is 30.3 Å². The molecule has 0 aliphatic heterocycles. The zero-order chi connectivity index (χ0) is 15.9. The maximum absolute atomic E-state index is 13.9. The second-order valence-corrected chi connectivity index (χ2v) is 7.16. The molecule has 0 radical (unpaired) electrons. The zero-order valence-corrected chi connectivity index (χ0v) is 12.9. The smallest absolute Gasteiger partial charge is 0.245 e. The van der Waals surface area contributed by atoms with E-state index in [-0.39, 0.29) is 4.90 Å². The van der Waals surface area contributed by atoms with E-state index in [1.807, 2.05) is 24.3 Å². The van der Waals surface area contributed by atoms with Crippen LogP contribution in [0.5, 0.6) is 0 Å². The number of nitrogens with one attached hydrogen (secondary N) is 1. The van der Waals surface area contributed by atoms with E-state index in [4.69, 9.17) is 0 Å². The van der Waals surface area contributed by atoms with Gasteiger partial charge >= 0.3 is 0 Å². The van der Waals surface area contributed by atoms with Crippen LogP contribution in [0.1, 0.15) is 0 Å². The van der Waals surface area contributed by atoms with E-state index in [0.29, 0.717) is 11.4 Å². The van der Waals surface area contributed by atoms with Crippen LogP contribution in [0, 0.1) is 5.82 Å². The monoisotopic (exact) mass is 319 g/mol. The van der Waals surface area contributed by atoms with Gasteiger partial charge in [0, 0.05) is 19.7 Å². The molecule has 0 atom stereocenters. The van der Waals surface area contributed by atoms with Crippen molar-refractivity contribution in [3.63, 3.8) is 0 Å².